The average molecular weight is 276 g/mol. The van der Waals surface area contributed by atoms with Crippen molar-refractivity contribution in [3.8, 4) is 5.75 Å². The molecule has 0 bridgehead atoms. The highest BCUT2D eigenvalue weighted by atomic mass is 16.5. The van der Waals surface area contributed by atoms with E-state index in [2.05, 4.69) is 12.2 Å². The lowest BCUT2D eigenvalue weighted by Crippen LogP contribution is -2.53. The second kappa shape index (κ2) is 6.16. The van der Waals surface area contributed by atoms with Gasteiger partial charge in [-0.2, -0.15) is 0 Å². The van der Waals surface area contributed by atoms with Crippen molar-refractivity contribution in [1.29, 1.82) is 0 Å². The molecule has 1 saturated carbocycles. The Bertz CT molecular complexity index is 475. The van der Waals surface area contributed by atoms with E-state index in [4.69, 9.17) is 10.5 Å². The molecule has 0 aromatic heterocycles. The van der Waals surface area contributed by atoms with Gasteiger partial charge in [0.25, 0.3) is 0 Å². The summed E-state index contributed by atoms with van der Waals surface area (Å²) in [7, 11) is 1.64. The largest absolute Gasteiger partial charge is 0.497 e. The molecule has 2 atom stereocenters. The van der Waals surface area contributed by atoms with Crippen molar-refractivity contribution in [3.63, 3.8) is 0 Å². The van der Waals surface area contributed by atoms with Gasteiger partial charge in [0.15, 0.2) is 0 Å². The minimum Gasteiger partial charge on any atom is -0.497 e. The van der Waals surface area contributed by atoms with E-state index in [0.717, 1.165) is 37.1 Å². The number of carbonyl (C=O) groups excluding carboxylic acids is 1. The molecule has 1 fully saturated rings. The molecule has 0 radical (unpaired) electrons. The molecule has 0 spiro atoms. The highest BCUT2D eigenvalue weighted by Crippen LogP contribution is 2.37. The normalized spacial score (nSPS) is 26.0. The molecule has 20 heavy (non-hydrogen) atoms. The quantitative estimate of drug-likeness (QED) is 0.869. The Morgan fingerprint density at radius 1 is 1.55 bits per heavy atom. The van der Waals surface area contributed by atoms with Crippen LogP contribution in [0.2, 0.25) is 0 Å². The Hall–Kier alpha value is -1.71. The number of hydrogen-bond acceptors (Lipinski definition) is 3. The smallest absolute Gasteiger partial charge is 0.243 e. The van der Waals surface area contributed by atoms with E-state index in [1.54, 1.807) is 7.11 Å². The van der Waals surface area contributed by atoms with E-state index in [0.29, 0.717) is 5.92 Å². The molecular formula is C16H24N2O2. The summed E-state index contributed by atoms with van der Waals surface area (Å²) < 4.78 is 5.22. The Labute approximate surface area is 120 Å². The Balaban J connectivity index is 2.22. The summed E-state index contributed by atoms with van der Waals surface area (Å²) in [5.74, 6) is 1.09. The third-order valence-corrected chi connectivity index (χ3v) is 4.36. The predicted octanol–water partition coefficient (Wildman–Crippen LogP) is 2.93. The molecule has 1 aromatic carbocycles. The van der Waals surface area contributed by atoms with Gasteiger partial charge in [-0.25, -0.2) is 0 Å². The number of rotatable bonds is 5. The molecule has 0 saturated heterocycles. The summed E-state index contributed by atoms with van der Waals surface area (Å²) in [6.45, 7) is 2.17. The van der Waals surface area contributed by atoms with Crippen LogP contribution in [0.1, 0.15) is 39.0 Å². The van der Waals surface area contributed by atoms with Gasteiger partial charge in [-0.1, -0.05) is 32.3 Å². The zero-order chi connectivity index (χ0) is 14.6. The molecule has 0 heterocycles. The maximum Gasteiger partial charge on any atom is 0.243 e. The number of hydrogen-bond donors (Lipinski definition) is 2. The van der Waals surface area contributed by atoms with Crippen molar-refractivity contribution in [3.05, 3.63) is 24.3 Å². The Morgan fingerprint density at radius 3 is 3.00 bits per heavy atom. The van der Waals surface area contributed by atoms with Crippen molar-refractivity contribution >= 4 is 11.6 Å². The van der Waals surface area contributed by atoms with E-state index in [1.165, 1.54) is 6.42 Å². The lowest BCUT2D eigenvalue weighted by Gasteiger charge is -2.39. The molecule has 3 N–H and O–H groups in total. The predicted molar refractivity (Wildman–Crippen MR) is 80.8 cm³/mol. The van der Waals surface area contributed by atoms with Crippen LogP contribution in [0.15, 0.2) is 24.3 Å². The maximum atomic E-state index is 12.0. The molecule has 0 aliphatic heterocycles. The highest BCUT2D eigenvalue weighted by molar-refractivity contribution is 5.88. The van der Waals surface area contributed by atoms with Gasteiger partial charge >= 0.3 is 0 Å². The first kappa shape index (κ1) is 14.7. The number of benzene rings is 1. The number of methoxy groups -OCH3 is 1. The molecule has 1 aliphatic rings. The minimum absolute atomic E-state index is 0.251. The number of nitrogens with one attached hydrogen (secondary N) is 1. The van der Waals surface area contributed by atoms with Gasteiger partial charge in [0.05, 0.1) is 7.11 Å². The van der Waals surface area contributed by atoms with Crippen molar-refractivity contribution in [2.75, 3.05) is 12.4 Å². The monoisotopic (exact) mass is 276 g/mol. The molecule has 1 aromatic rings. The Morgan fingerprint density at radius 2 is 2.35 bits per heavy atom. The summed E-state index contributed by atoms with van der Waals surface area (Å²) in [4.78, 5) is 12.0. The topological polar surface area (TPSA) is 64.3 Å². The zero-order valence-electron chi connectivity index (χ0n) is 12.3. The van der Waals surface area contributed by atoms with Crippen LogP contribution in [0.25, 0.3) is 0 Å². The van der Waals surface area contributed by atoms with Crippen molar-refractivity contribution in [2.24, 2.45) is 11.7 Å². The van der Waals surface area contributed by atoms with Crippen molar-refractivity contribution < 1.29 is 9.53 Å². The summed E-state index contributed by atoms with van der Waals surface area (Å²) in [6, 6.07) is 7.65. The molecule has 1 amide bonds. The summed E-state index contributed by atoms with van der Waals surface area (Å²) in [5.41, 5.74) is 5.97. The van der Waals surface area contributed by atoms with Crippen molar-refractivity contribution in [1.82, 2.24) is 0 Å². The molecule has 110 valence electrons. The van der Waals surface area contributed by atoms with Gasteiger partial charge < -0.3 is 15.8 Å². The lowest BCUT2D eigenvalue weighted by molar-refractivity contribution is -0.123. The fourth-order valence-corrected chi connectivity index (χ4v) is 3.11. The average Bonchev–Trinajstić information content (AvgIpc) is 2.47. The number of primary amides is 1. The first-order valence-corrected chi connectivity index (χ1v) is 7.32. The van der Waals surface area contributed by atoms with Crippen LogP contribution in [-0.2, 0) is 4.79 Å². The molecule has 4 heteroatoms. The number of anilines is 1. The van der Waals surface area contributed by atoms with Gasteiger partial charge in [0.1, 0.15) is 11.3 Å². The molecular weight excluding hydrogens is 252 g/mol. The van der Waals surface area contributed by atoms with Gasteiger partial charge in [-0.15, -0.1) is 0 Å². The fourth-order valence-electron chi connectivity index (χ4n) is 3.11. The number of carbonyl (C=O) groups is 1. The van der Waals surface area contributed by atoms with Gasteiger partial charge in [-0.3, -0.25) is 4.79 Å². The molecule has 2 rings (SSSR count). The van der Waals surface area contributed by atoms with Gasteiger partial charge in [0.2, 0.25) is 5.91 Å². The van der Waals surface area contributed by atoms with E-state index in [-0.39, 0.29) is 5.91 Å². The van der Waals surface area contributed by atoms with Crippen LogP contribution in [-0.4, -0.2) is 18.6 Å². The number of amides is 1. The number of nitrogens with two attached hydrogens (primary N) is 1. The highest BCUT2D eigenvalue weighted by Gasteiger charge is 2.40. The number of ether oxygens (including phenoxy) is 1. The second-order valence-corrected chi connectivity index (χ2v) is 5.67. The summed E-state index contributed by atoms with van der Waals surface area (Å²) >= 11 is 0. The van der Waals surface area contributed by atoms with E-state index < -0.39 is 5.54 Å². The maximum absolute atomic E-state index is 12.0. The van der Waals surface area contributed by atoms with Gasteiger partial charge in [-0.05, 0) is 30.9 Å². The summed E-state index contributed by atoms with van der Waals surface area (Å²) in [5, 5.41) is 3.38. The van der Waals surface area contributed by atoms with Crippen LogP contribution in [0.3, 0.4) is 0 Å². The van der Waals surface area contributed by atoms with E-state index >= 15 is 0 Å². The third kappa shape index (κ3) is 3.06. The van der Waals surface area contributed by atoms with Crippen LogP contribution >= 0.6 is 0 Å². The van der Waals surface area contributed by atoms with Crippen LogP contribution in [0, 0.1) is 5.92 Å². The van der Waals surface area contributed by atoms with Crippen molar-refractivity contribution in [2.45, 2.75) is 44.6 Å². The minimum atomic E-state index is -0.620. The van der Waals surface area contributed by atoms with Crippen LogP contribution < -0.4 is 15.8 Å². The molecule has 2 unspecified atom stereocenters. The third-order valence-electron chi connectivity index (χ3n) is 4.36. The first-order chi connectivity index (χ1) is 9.59. The standard InChI is InChI=1S/C16H24N2O2/c1-3-12-6-5-9-16(11-12,15(17)19)18-13-7-4-8-14(10-13)20-2/h4,7-8,10,12,18H,3,5-6,9,11H2,1-2H3,(H2,17,19). The van der Waals surface area contributed by atoms with E-state index in [9.17, 15) is 4.79 Å². The lowest BCUT2D eigenvalue weighted by atomic mass is 9.74. The van der Waals surface area contributed by atoms with E-state index in [1.807, 2.05) is 24.3 Å². The SMILES string of the molecule is CCC1CCCC(Nc2cccc(OC)c2)(C(N)=O)C1. The molecule has 1 aliphatic carbocycles. The van der Waals surface area contributed by atoms with Crippen LogP contribution in [0.4, 0.5) is 5.69 Å². The second-order valence-electron chi connectivity index (χ2n) is 5.67. The van der Waals surface area contributed by atoms with Crippen LogP contribution in [0.5, 0.6) is 5.75 Å². The fraction of sp³-hybridized carbons (Fsp3) is 0.562. The molecule has 4 nitrogen and oxygen atoms in total. The Kier molecular flexibility index (Phi) is 4.53. The first-order valence-electron chi connectivity index (χ1n) is 7.32. The van der Waals surface area contributed by atoms with Gasteiger partial charge in [0, 0.05) is 11.8 Å². The summed E-state index contributed by atoms with van der Waals surface area (Å²) in [6.07, 6.45) is 4.94. The zero-order valence-corrected chi connectivity index (χ0v) is 12.3.